The molecule has 1 saturated heterocycles. The Morgan fingerprint density at radius 1 is 1.54 bits per heavy atom. The number of rotatable bonds is 2. The monoisotopic (exact) mass is 184 g/mol. The van der Waals surface area contributed by atoms with E-state index in [4.69, 9.17) is 5.73 Å². The number of piperidine rings is 1. The molecule has 2 nitrogen and oxygen atoms in total. The van der Waals surface area contributed by atoms with Gasteiger partial charge < -0.3 is 5.73 Å². The van der Waals surface area contributed by atoms with E-state index in [-0.39, 0.29) is 0 Å². The summed E-state index contributed by atoms with van der Waals surface area (Å²) in [5.74, 6) is 0. The van der Waals surface area contributed by atoms with Crippen molar-refractivity contribution >= 4 is 0 Å². The number of hydrogen-bond acceptors (Lipinski definition) is 2. The van der Waals surface area contributed by atoms with Crippen molar-refractivity contribution in [1.82, 2.24) is 4.90 Å². The Balaban J connectivity index is 2.64. The van der Waals surface area contributed by atoms with Crippen molar-refractivity contribution in [3.05, 3.63) is 0 Å². The van der Waals surface area contributed by atoms with E-state index in [0.717, 1.165) is 12.8 Å². The lowest BCUT2D eigenvalue weighted by atomic mass is 9.86. The second kappa shape index (κ2) is 3.97. The zero-order chi connectivity index (χ0) is 10.1. The van der Waals surface area contributed by atoms with Crippen molar-refractivity contribution in [2.75, 3.05) is 6.54 Å². The van der Waals surface area contributed by atoms with Crippen LogP contribution in [0.3, 0.4) is 0 Å². The zero-order valence-corrected chi connectivity index (χ0v) is 9.51. The third kappa shape index (κ3) is 2.44. The Hall–Kier alpha value is -0.0800. The van der Waals surface area contributed by atoms with Gasteiger partial charge in [0.1, 0.15) is 0 Å². The van der Waals surface area contributed by atoms with Gasteiger partial charge in [-0.3, -0.25) is 4.90 Å². The van der Waals surface area contributed by atoms with Crippen LogP contribution in [-0.4, -0.2) is 29.1 Å². The molecular weight excluding hydrogens is 160 g/mol. The van der Waals surface area contributed by atoms with Crippen LogP contribution in [-0.2, 0) is 0 Å². The molecule has 2 atom stereocenters. The summed E-state index contributed by atoms with van der Waals surface area (Å²) in [5, 5.41) is 0. The average molecular weight is 184 g/mol. The Bertz CT molecular complexity index is 165. The first-order valence-electron chi connectivity index (χ1n) is 5.49. The largest absolute Gasteiger partial charge is 0.328 e. The molecule has 0 radical (unpaired) electrons. The topological polar surface area (TPSA) is 29.3 Å². The number of likely N-dealkylation sites (tertiary alicyclic amines) is 1. The van der Waals surface area contributed by atoms with E-state index < -0.39 is 0 Å². The summed E-state index contributed by atoms with van der Waals surface area (Å²) < 4.78 is 0. The van der Waals surface area contributed by atoms with Gasteiger partial charge in [-0.2, -0.15) is 0 Å². The Morgan fingerprint density at radius 2 is 2.15 bits per heavy atom. The highest BCUT2D eigenvalue weighted by atomic mass is 15.2. The van der Waals surface area contributed by atoms with Gasteiger partial charge in [-0.25, -0.2) is 0 Å². The van der Waals surface area contributed by atoms with Gasteiger partial charge in [-0.1, -0.05) is 6.92 Å². The minimum atomic E-state index is 0.299. The minimum absolute atomic E-state index is 0.299. The van der Waals surface area contributed by atoms with E-state index >= 15 is 0 Å². The third-order valence-electron chi connectivity index (χ3n) is 3.40. The highest BCUT2D eigenvalue weighted by Gasteiger charge is 2.35. The van der Waals surface area contributed by atoms with E-state index in [1.165, 1.54) is 13.0 Å². The normalized spacial score (nSPS) is 31.6. The van der Waals surface area contributed by atoms with Crippen molar-refractivity contribution in [1.29, 1.82) is 0 Å². The van der Waals surface area contributed by atoms with Crippen LogP contribution in [0.1, 0.15) is 47.0 Å². The van der Waals surface area contributed by atoms with E-state index in [2.05, 4.69) is 32.6 Å². The molecule has 0 aromatic heterocycles. The molecule has 0 spiro atoms. The molecule has 1 aliphatic rings. The smallest absolute Gasteiger partial charge is 0.0170 e. The fourth-order valence-corrected chi connectivity index (χ4v) is 2.51. The Morgan fingerprint density at radius 3 is 2.62 bits per heavy atom. The van der Waals surface area contributed by atoms with Crippen LogP contribution in [0.25, 0.3) is 0 Å². The summed E-state index contributed by atoms with van der Waals surface area (Å²) in [6.07, 6.45) is 3.53. The maximum absolute atomic E-state index is 5.99. The standard InChI is InChI=1S/C11H24N2/c1-5-9(2)13-7-6-10(12)8-11(13,3)4/h9-10H,5-8,12H2,1-4H3. The van der Waals surface area contributed by atoms with Gasteiger partial charge in [0.2, 0.25) is 0 Å². The molecule has 0 amide bonds. The first-order chi connectivity index (χ1) is 5.97. The summed E-state index contributed by atoms with van der Waals surface area (Å²) in [6, 6.07) is 1.11. The zero-order valence-electron chi connectivity index (χ0n) is 9.51. The Kier molecular flexibility index (Phi) is 3.36. The molecule has 0 aliphatic carbocycles. The van der Waals surface area contributed by atoms with Gasteiger partial charge in [0.25, 0.3) is 0 Å². The van der Waals surface area contributed by atoms with Gasteiger partial charge in [-0.05, 0) is 40.0 Å². The van der Waals surface area contributed by atoms with Crippen LogP contribution in [0.2, 0.25) is 0 Å². The summed E-state index contributed by atoms with van der Waals surface area (Å²) in [4.78, 5) is 2.61. The lowest BCUT2D eigenvalue weighted by molar-refractivity contribution is 0.0304. The van der Waals surface area contributed by atoms with Crippen molar-refractivity contribution in [2.24, 2.45) is 5.73 Å². The predicted octanol–water partition coefficient (Wildman–Crippen LogP) is 1.99. The van der Waals surface area contributed by atoms with Gasteiger partial charge in [0.15, 0.2) is 0 Å². The third-order valence-corrected chi connectivity index (χ3v) is 3.40. The second-order valence-electron chi connectivity index (χ2n) is 5.02. The maximum atomic E-state index is 5.99. The van der Waals surface area contributed by atoms with E-state index in [1.807, 2.05) is 0 Å². The van der Waals surface area contributed by atoms with Crippen molar-refractivity contribution in [2.45, 2.75) is 64.6 Å². The molecule has 0 aromatic rings. The summed E-state index contributed by atoms with van der Waals surface area (Å²) in [6.45, 7) is 10.4. The average Bonchev–Trinajstić information content (AvgIpc) is 2.01. The highest BCUT2D eigenvalue weighted by molar-refractivity contribution is 4.92. The second-order valence-corrected chi connectivity index (χ2v) is 5.02. The molecule has 1 rings (SSSR count). The first-order valence-corrected chi connectivity index (χ1v) is 5.49. The number of hydrogen-bond donors (Lipinski definition) is 1. The van der Waals surface area contributed by atoms with Gasteiger partial charge in [0, 0.05) is 24.2 Å². The van der Waals surface area contributed by atoms with Gasteiger partial charge >= 0.3 is 0 Å². The van der Waals surface area contributed by atoms with Gasteiger partial charge in [-0.15, -0.1) is 0 Å². The van der Waals surface area contributed by atoms with Crippen LogP contribution < -0.4 is 5.73 Å². The molecular formula is C11H24N2. The van der Waals surface area contributed by atoms with Crippen LogP contribution >= 0.6 is 0 Å². The molecule has 13 heavy (non-hydrogen) atoms. The molecule has 1 fully saturated rings. The van der Waals surface area contributed by atoms with E-state index in [9.17, 15) is 0 Å². The Labute approximate surface area is 82.5 Å². The molecule has 2 N–H and O–H groups in total. The number of nitrogens with zero attached hydrogens (tertiary/aromatic N) is 1. The lowest BCUT2D eigenvalue weighted by Crippen LogP contribution is -2.56. The maximum Gasteiger partial charge on any atom is 0.0170 e. The molecule has 1 heterocycles. The van der Waals surface area contributed by atoms with Crippen molar-refractivity contribution in [3.63, 3.8) is 0 Å². The summed E-state index contributed by atoms with van der Waals surface area (Å²) >= 11 is 0. The first kappa shape index (κ1) is 11.0. The van der Waals surface area contributed by atoms with Crippen molar-refractivity contribution in [3.8, 4) is 0 Å². The van der Waals surface area contributed by atoms with Crippen LogP contribution in [0.5, 0.6) is 0 Å². The van der Waals surface area contributed by atoms with E-state index in [1.54, 1.807) is 0 Å². The molecule has 2 heteroatoms. The number of nitrogens with two attached hydrogens (primary N) is 1. The molecule has 2 unspecified atom stereocenters. The molecule has 0 saturated carbocycles. The predicted molar refractivity (Wildman–Crippen MR) is 57.7 cm³/mol. The van der Waals surface area contributed by atoms with Crippen molar-refractivity contribution < 1.29 is 0 Å². The summed E-state index contributed by atoms with van der Waals surface area (Å²) in [7, 11) is 0. The fraction of sp³-hybridized carbons (Fsp3) is 1.00. The minimum Gasteiger partial charge on any atom is -0.328 e. The highest BCUT2D eigenvalue weighted by Crippen LogP contribution is 2.29. The lowest BCUT2D eigenvalue weighted by Gasteiger charge is -2.47. The SMILES string of the molecule is CCC(C)N1CCC(N)CC1(C)C. The van der Waals surface area contributed by atoms with E-state index in [0.29, 0.717) is 17.6 Å². The van der Waals surface area contributed by atoms with Crippen LogP contribution in [0, 0.1) is 0 Å². The molecule has 1 aliphatic heterocycles. The summed E-state index contributed by atoms with van der Waals surface area (Å²) in [5.41, 5.74) is 6.29. The molecule has 0 bridgehead atoms. The fourth-order valence-electron chi connectivity index (χ4n) is 2.51. The molecule has 0 aromatic carbocycles. The van der Waals surface area contributed by atoms with Crippen LogP contribution in [0.4, 0.5) is 0 Å². The van der Waals surface area contributed by atoms with Gasteiger partial charge in [0.05, 0.1) is 0 Å². The molecule has 78 valence electrons. The van der Waals surface area contributed by atoms with Crippen LogP contribution in [0.15, 0.2) is 0 Å². The quantitative estimate of drug-likeness (QED) is 0.711.